The molecule has 0 aliphatic carbocycles. The van der Waals surface area contributed by atoms with E-state index in [9.17, 15) is 8.78 Å². The Bertz CT molecular complexity index is 509. The van der Waals surface area contributed by atoms with Gasteiger partial charge in [0.2, 0.25) is 0 Å². The highest BCUT2D eigenvalue weighted by Crippen LogP contribution is 2.19. The molecule has 2 nitrogen and oxygen atoms in total. The molecule has 0 heterocycles. The molecule has 0 spiro atoms. The van der Waals surface area contributed by atoms with Crippen molar-refractivity contribution in [3.05, 3.63) is 65.2 Å². The molecule has 0 saturated carbocycles. The van der Waals surface area contributed by atoms with Crippen LogP contribution in [-0.2, 0) is 13.2 Å². The SMILES string of the molecule is OCc1ccc(NCc2ccc(C(F)F)cc2)cc1. The number of benzene rings is 2. The van der Waals surface area contributed by atoms with Crippen molar-refractivity contribution < 1.29 is 13.9 Å². The van der Waals surface area contributed by atoms with Gasteiger partial charge in [0.05, 0.1) is 6.61 Å². The maximum absolute atomic E-state index is 12.4. The Morgan fingerprint density at radius 2 is 1.47 bits per heavy atom. The predicted octanol–water partition coefficient (Wildman–Crippen LogP) is 3.73. The highest BCUT2D eigenvalue weighted by Gasteiger charge is 2.05. The van der Waals surface area contributed by atoms with Gasteiger partial charge in [0, 0.05) is 17.8 Å². The molecule has 0 aliphatic rings. The molecule has 0 bridgehead atoms. The predicted molar refractivity (Wildman–Crippen MR) is 71.1 cm³/mol. The van der Waals surface area contributed by atoms with Gasteiger partial charge >= 0.3 is 0 Å². The Hall–Kier alpha value is -1.94. The van der Waals surface area contributed by atoms with Crippen LogP contribution in [0.1, 0.15) is 23.1 Å². The Labute approximate surface area is 110 Å². The molecule has 2 rings (SSSR count). The van der Waals surface area contributed by atoms with E-state index >= 15 is 0 Å². The largest absolute Gasteiger partial charge is 0.392 e. The van der Waals surface area contributed by atoms with Crippen molar-refractivity contribution >= 4 is 5.69 Å². The van der Waals surface area contributed by atoms with Crippen molar-refractivity contribution in [2.75, 3.05) is 5.32 Å². The maximum Gasteiger partial charge on any atom is 0.263 e. The molecule has 0 fully saturated rings. The monoisotopic (exact) mass is 263 g/mol. The van der Waals surface area contributed by atoms with E-state index in [4.69, 9.17) is 5.11 Å². The van der Waals surface area contributed by atoms with Crippen molar-refractivity contribution in [1.29, 1.82) is 0 Å². The van der Waals surface area contributed by atoms with Gasteiger partial charge in [-0.15, -0.1) is 0 Å². The molecular weight excluding hydrogens is 248 g/mol. The molecule has 0 atom stereocenters. The Kier molecular flexibility index (Phi) is 4.47. The third-order valence-corrected chi connectivity index (χ3v) is 2.86. The second-order valence-corrected chi connectivity index (χ2v) is 4.25. The maximum atomic E-state index is 12.4. The standard InChI is InChI=1S/C15H15F2NO/c16-15(17)13-5-1-11(2-6-13)9-18-14-7-3-12(10-19)4-8-14/h1-8,15,18-19H,9-10H2. The van der Waals surface area contributed by atoms with E-state index in [1.165, 1.54) is 12.1 Å². The summed E-state index contributed by atoms with van der Waals surface area (Å²) in [6.45, 7) is 0.595. The van der Waals surface area contributed by atoms with Crippen LogP contribution in [0.3, 0.4) is 0 Å². The molecule has 0 saturated heterocycles. The minimum atomic E-state index is -2.42. The number of hydrogen-bond acceptors (Lipinski definition) is 2. The van der Waals surface area contributed by atoms with Gasteiger partial charge in [-0.2, -0.15) is 0 Å². The number of nitrogens with one attached hydrogen (secondary N) is 1. The van der Waals surface area contributed by atoms with Gasteiger partial charge in [-0.1, -0.05) is 36.4 Å². The molecule has 2 N–H and O–H groups in total. The van der Waals surface area contributed by atoms with Crippen LogP contribution >= 0.6 is 0 Å². The number of anilines is 1. The van der Waals surface area contributed by atoms with Gasteiger partial charge in [-0.3, -0.25) is 0 Å². The fourth-order valence-electron chi connectivity index (χ4n) is 1.71. The normalized spacial score (nSPS) is 10.7. The quantitative estimate of drug-likeness (QED) is 0.861. The van der Waals surface area contributed by atoms with Crippen molar-refractivity contribution in [2.24, 2.45) is 0 Å². The number of aliphatic hydroxyl groups is 1. The smallest absolute Gasteiger partial charge is 0.263 e. The van der Waals surface area contributed by atoms with E-state index in [1.807, 2.05) is 24.3 Å². The van der Waals surface area contributed by atoms with Gasteiger partial charge in [-0.25, -0.2) is 8.78 Å². The Morgan fingerprint density at radius 3 is 2.00 bits per heavy atom. The summed E-state index contributed by atoms with van der Waals surface area (Å²) in [7, 11) is 0. The van der Waals surface area contributed by atoms with E-state index < -0.39 is 6.43 Å². The average Bonchev–Trinajstić information content (AvgIpc) is 2.46. The minimum absolute atomic E-state index is 0.0232. The first-order chi connectivity index (χ1) is 9.19. The molecule has 19 heavy (non-hydrogen) atoms. The third-order valence-electron chi connectivity index (χ3n) is 2.86. The molecule has 0 aliphatic heterocycles. The fourth-order valence-corrected chi connectivity index (χ4v) is 1.71. The molecule has 2 aromatic rings. The number of alkyl halides is 2. The Morgan fingerprint density at radius 1 is 0.895 bits per heavy atom. The molecule has 0 amide bonds. The lowest BCUT2D eigenvalue weighted by atomic mass is 10.1. The van der Waals surface area contributed by atoms with E-state index in [0.717, 1.165) is 16.8 Å². The van der Waals surface area contributed by atoms with Crippen LogP contribution in [0, 0.1) is 0 Å². The van der Waals surface area contributed by atoms with Crippen molar-refractivity contribution in [2.45, 2.75) is 19.6 Å². The minimum Gasteiger partial charge on any atom is -0.392 e. The van der Waals surface area contributed by atoms with Crippen LogP contribution in [0.15, 0.2) is 48.5 Å². The van der Waals surface area contributed by atoms with Gasteiger partial charge in [0.15, 0.2) is 0 Å². The second-order valence-electron chi connectivity index (χ2n) is 4.25. The average molecular weight is 263 g/mol. The van der Waals surface area contributed by atoms with Gasteiger partial charge < -0.3 is 10.4 Å². The van der Waals surface area contributed by atoms with Crippen LogP contribution < -0.4 is 5.32 Å². The van der Waals surface area contributed by atoms with E-state index in [-0.39, 0.29) is 12.2 Å². The zero-order valence-corrected chi connectivity index (χ0v) is 10.3. The van der Waals surface area contributed by atoms with E-state index in [2.05, 4.69) is 5.32 Å². The summed E-state index contributed by atoms with van der Waals surface area (Å²) in [4.78, 5) is 0. The van der Waals surface area contributed by atoms with Crippen LogP contribution in [0.25, 0.3) is 0 Å². The lowest BCUT2D eigenvalue weighted by molar-refractivity contribution is 0.151. The molecular formula is C15H15F2NO. The van der Waals surface area contributed by atoms with Crippen LogP contribution in [-0.4, -0.2) is 5.11 Å². The Balaban J connectivity index is 1.94. The number of hydrogen-bond donors (Lipinski definition) is 2. The summed E-state index contributed by atoms with van der Waals surface area (Å²) in [5.41, 5.74) is 2.76. The van der Waals surface area contributed by atoms with Crippen molar-refractivity contribution in [3.63, 3.8) is 0 Å². The third kappa shape index (κ3) is 3.76. The highest BCUT2D eigenvalue weighted by atomic mass is 19.3. The summed E-state index contributed by atoms with van der Waals surface area (Å²) < 4.78 is 24.8. The van der Waals surface area contributed by atoms with Crippen LogP contribution in [0.5, 0.6) is 0 Å². The zero-order valence-electron chi connectivity index (χ0n) is 10.3. The zero-order chi connectivity index (χ0) is 13.7. The summed E-state index contributed by atoms with van der Waals surface area (Å²) in [5, 5.41) is 12.1. The van der Waals surface area contributed by atoms with Crippen LogP contribution in [0.4, 0.5) is 14.5 Å². The first-order valence-corrected chi connectivity index (χ1v) is 5.99. The fraction of sp³-hybridized carbons (Fsp3) is 0.200. The molecule has 2 aromatic carbocycles. The first kappa shape index (κ1) is 13.5. The summed E-state index contributed by atoms with van der Waals surface area (Å²) >= 11 is 0. The van der Waals surface area contributed by atoms with Crippen LogP contribution in [0.2, 0.25) is 0 Å². The molecule has 0 radical (unpaired) electrons. The van der Waals surface area contributed by atoms with Gasteiger partial charge in [0.25, 0.3) is 6.43 Å². The summed E-state index contributed by atoms with van der Waals surface area (Å²) in [6.07, 6.45) is -2.42. The second kappa shape index (κ2) is 6.29. The summed E-state index contributed by atoms with van der Waals surface area (Å²) in [5.74, 6) is 0. The van der Waals surface area contributed by atoms with Gasteiger partial charge in [0.1, 0.15) is 0 Å². The number of rotatable bonds is 5. The first-order valence-electron chi connectivity index (χ1n) is 5.99. The molecule has 4 heteroatoms. The number of aliphatic hydroxyl groups excluding tert-OH is 1. The highest BCUT2D eigenvalue weighted by molar-refractivity contribution is 5.45. The van der Waals surface area contributed by atoms with E-state index in [0.29, 0.717) is 6.54 Å². The lowest BCUT2D eigenvalue weighted by Gasteiger charge is -2.08. The van der Waals surface area contributed by atoms with Crippen molar-refractivity contribution in [1.82, 2.24) is 0 Å². The molecule has 0 aromatic heterocycles. The van der Waals surface area contributed by atoms with Gasteiger partial charge in [-0.05, 0) is 23.3 Å². The molecule has 100 valence electrons. The lowest BCUT2D eigenvalue weighted by Crippen LogP contribution is -1.99. The topological polar surface area (TPSA) is 32.3 Å². The summed E-state index contributed by atoms with van der Waals surface area (Å²) in [6, 6.07) is 13.7. The van der Waals surface area contributed by atoms with Crippen molar-refractivity contribution in [3.8, 4) is 0 Å². The number of halogens is 2. The van der Waals surface area contributed by atoms with E-state index in [1.54, 1.807) is 12.1 Å². The molecule has 0 unspecified atom stereocenters.